The molecular weight excluding hydrogens is 216 g/mol. The second-order valence-corrected chi connectivity index (χ2v) is 5.10. The molecule has 1 atom stereocenters. The van der Waals surface area contributed by atoms with Crippen LogP contribution in [0.2, 0.25) is 0 Å². The molecule has 0 aromatic carbocycles. The Morgan fingerprint density at radius 3 is 2.83 bits per heavy atom. The molecule has 0 spiro atoms. The van der Waals surface area contributed by atoms with E-state index in [1.807, 2.05) is 12.5 Å². The first-order valence-corrected chi connectivity index (χ1v) is 5.04. The van der Waals surface area contributed by atoms with E-state index in [1.54, 1.807) is 0 Å². The normalized spacial score (nSPS) is 25.8. The molecule has 1 heterocycles. The summed E-state index contributed by atoms with van der Waals surface area (Å²) in [5.74, 6) is 0.846. The quantitative estimate of drug-likeness (QED) is 0.762. The molecule has 0 bridgehead atoms. The van der Waals surface area contributed by atoms with Gasteiger partial charge in [-0.05, 0) is 33.7 Å². The van der Waals surface area contributed by atoms with E-state index in [0.717, 1.165) is 17.1 Å². The second kappa shape index (κ2) is 2.59. The first kappa shape index (κ1) is 8.30. The zero-order chi connectivity index (χ0) is 8.77. The molecule has 0 saturated heterocycles. The van der Waals surface area contributed by atoms with Crippen LogP contribution in [0.3, 0.4) is 0 Å². The lowest BCUT2D eigenvalue weighted by Gasteiger charge is -2.03. The molecule has 1 aromatic heterocycles. The maximum absolute atomic E-state index is 4.12. The molecule has 1 fully saturated rings. The van der Waals surface area contributed by atoms with Crippen LogP contribution in [0.1, 0.15) is 20.3 Å². The molecule has 2 rings (SSSR count). The third-order valence-electron chi connectivity index (χ3n) is 2.75. The maximum atomic E-state index is 4.12. The Morgan fingerprint density at radius 1 is 1.75 bits per heavy atom. The average molecular weight is 229 g/mol. The SMILES string of the molecule is CC1(C)CC1Cn1cnc(Br)c1. The Labute approximate surface area is 81.1 Å². The molecule has 0 amide bonds. The number of hydrogen-bond acceptors (Lipinski definition) is 1. The van der Waals surface area contributed by atoms with Crippen molar-refractivity contribution in [3.05, 3.63) is 17.1 Å². The van der Waals surface area contributed by atoms with Gasteiger partial charge in [-0.25, -0.2) is 4.98 Å². The van der Waals surface area contributed by atoms with Gasteiger partial charge < -0.3 is 4.57 Å². The van der Waals surface area contributed by atoms with E-state index in [4.69, 9.17) is 0 Å². The highest BCUT2D eigenvalue weighted by Gasteiger charge is 2.45. The molecule has 1 aromatic rings. The lowest BCUT2D eigenvalue weighted by molar-refractivity contribution is 0.498. The summed E-state index contributed by atoms with van der Waals surface area (Å²) in [6.45, 7) is 5.76. The van der Waals surface area contributed by atoms with Gasteiger partial charge in [-0.3, -0.25) is 0 Å². The van der Waals surface area contributed by atoms with Crippen LogP contribution >= 0.6 is 15.9 Å². The van der Waals surface area contributed by atoms with Crippen LogP contribution in [0.5, 0.6) is 0 Å². The molecule has 2 nitrogen and oxygen atoms in total. The number of halogens is 1. The predicted octanol–water partition coefficient (Wildman–Crippen LogP) is 2.69. The van der Waals surface area contributed by atoms with Gasteiger partial charge in [0.1, 0.15) is 4.60 Å². The van der Waals surface area contributed by atoms with E-state index in [0.29, 0.717) is 5.41 Å². The van der Waals surface area contributed by atoms with Crippen molar-refractivity contribution in [2.45, 2.75) is 26.8 Å². The van der Waals surface area contributed by atoms with Crippen molar-refractivity contribution in [2.75, 3.05) is 0 Å². The fourth-order valence-electron chi connectivity index (χ4n) is 1.57. The van der Waals surface area contributed by atoms with E-state index in [-0.39, 0.29) is 0 Å². The lowest BCUT2D eigenvalue weighted by Crippen LogP contribution is -2.00. The highest BCUT2D eigenvalue weighted by Crippen LogP contribution is 2.52. The molecule has 66 valence electrons. The Kier molecular flexibility index (Phi) is 1.79. The molecule has 1 aliphatic carbocycles. The summed E-state index contributed by atoms with van der Waals surface area (Å²) >= 11 is 3.34. The summed E-state index contributed by atoms with van der Waals surface area (Å²) in [6, 6.07) is 0. The summed E-state index contributed by atoms with van der Waals surface area (Å²) in [6.07, 6.45) is 5.27. The summed E-state index contributed by atoms with van der Waals surface area (Å²) < 4.78 is 3.09. The topological polar surface area (TPSA) is 17.8 Å². The van der Waals surface area contributed by atoms with Crippen LogP contribution in [-0.2, 0) is 6.54 Å². The van der Waals surface area contributed by atoms with Crippen molar-refractivity contribution >= 4 is 15.9 Å². The molecule has 1 unspecified atom stereocenters. The molecule has 12 heavy (non-hydrogen) atoms. The highest BCUT2D eigenvalue weighted by atomic mass is 79.9. The van der Waals surface area contributed by atoms with Crippen LogP contribution in [0.25, 0.3) is 0 Å². The first-order chi connectivity index (χ1) is 5.58. The van der Waals surface area contributed by atoms with E-state index in [9.17, 15) is 0 Å². The van der Waals surface area contributed by atoms with Crippen molar-refractivity contribution in [3.63, 3.8) is 0 Å². The largest absolute Gasteiger partial charge is 0.336 e. The smallest absolute Gasteiger partial charge is 0.124 e. The van der Waals surface area contributed by atoms with Crippen LogP contribution in [0.4, 0.5) is 0 Å². The number of imidazole rings is 1. The van der Waals surface area contributed by atoms with Crippen molar-refractivity contribution < 1.29 is 0 Å². The first-order valence-electron chi connectivity index (χ1n) is 4.25. The van der Waals surface area contributed by atoms with E-state index >= 15 is 0 Å². The lowest BCUT2D eigenvalue weighted by atomic mass is 10.1. The fraction of sp³-hybridized carbons (Fsp3) is 0.667. The van der Waals surface area contributed by atoms with Crippen molar-refractivity contribution in [1.29, 1.82) is 0 Å². The third-order valence-corrected chi connectivity index (χ3v) is 3.16. The van der Waals surface area contributed by atoms with Crippen molar-refractivity contribution in [1.82, 2.24) is 9.55 Å². The van der Waals surface area contributed by atoms with Gasteiger partial charge >= 0.3 is 0 Å². The van der Waals surface area contributed by atoms with Gasteiger partial charge in [0.05, 0.1) is 6.33 Å². The van der Waals surface area contributed by atoms with Gasteiger partial charge in [0, 0.05) is 12.7 Å². The number of nitrogens with zero attached hydrogens (tertiary/aromatic N) is 2. The van der Waals surface area contributed by atoms with Gasteiger partial charge in [-0.1, -0.05) is 13.8 Å². The van der Waals surface area contributed by atoms with Crippen LogP contribution < -0.4 is 0 Å². The predicted molar refractivity (Wildman–Crippen MR) is 51.8 cm³/mol. The van der Waals surface area contributed by atoms with Gasteiger partial charge in [0.25, 0.3) is 0 Å². The van der Waals surface area contributed by atoms with E-state index in [1.165, 1.54) is 6.42 Å². The zero-order valence-corrected chi connectivity index (χ0v) is 9.00. The maximum Gasteiger partial charge on any atom is 0.124 e. The summed E-state index contributed by atoms with van der Waals surface area (Å²) in [7, 11) is 0. The van der Waals surface area contributed by atoms with Gasteiger partial charge in [-0.15, -0.1) is 0 Å². The Hall–Kier alpha value is -0.310. The summed E-state index contributed by atoms with van der Waals surface area (Å²) in [5, 5.41) is 0. The van der Waals surface area contributed by atoms with Gasteiger partial charge in [0.2, 0.25) is 0 Å². The molecule has 0 radical (unpaired) electrons. The minimum Gasteiger partial charge on any atom is -0.336 e. The number of aromatic nitrogens is 2. The average Bonchev–Trinajstić information content (AvgIpc) is 2.41. The minimum absolute atomic E-state index is 0.566. The molecule has 1 aliphatic rings. The molecule has 0 N–H and O–H groups in total. The van der Waals surface area contributed by atoms with Gasteiger partial charge in [-0.2, -0.15) is 0 Å². The Balaban J connectivity index is 1.97. The molecule has 3 heteroatoms. The molecular formula is C9H13BrN2. The highest BCUT2D eigenvalue weighted by molar-refractivity contribution is 9.10. The van der Waals surface area contributed by atoms with Crippen LogP contribution in [0, 0.1) is 11.3 Å². The van der Waals surface area contributed by atoms with E-state index in [2.05, 4.69) is 39.3 Å². The van der Waals surface area contributed by atoms with Crippen LogP contribution in [-0.4, -0.2) is 9.55 Å². The van der Waals surface area contributed by atoms with Crippen molar-refractivity contribution in [2.24, 2.45) is 11.3 Å². The number of rotatable bonds is 2. The molecule has 0 aliphatic heterocycles. The minimum atomic E-state index is 0.566. The van der Waals surface area contributed by atoms with Crippen molar-refractivity contribution in [3.8, 4) is 0 Å². The third kappa shape index (κ3) is 1.56. The zero-order valence-electron chi connectivity index (χ0n) is 7.42. The standard InChI is InChI=1S/C9H13BrN2/c1-9(2)3-7(9)4-12-5-8(10)11-6-12/h5-7H,3-4H2,1-2H3. The summed E-state index contributed by atoms with van der Waals surface area (Å²) in [5.41, 5.74) is 0.566. The monoisotopic (exact) mass is 228 g/mol. The van der Waals surface area contributed by atoms with E-state index < -0.39 is 0 Å². The Morgan fingerprint density at radius 2 is 2.42 bits per heavy atom. The molecule has 1 saturated carbocycles. The van der Waals surface area contributed by atoms with Gasteiger partial charge in [0.15, 0.2) is 0 Å². The number of hydrogen-bond donors (Lipinski definition) is 0. The fourth-order valence-corrected chi connectivity index (χ4v) is 1.93. The second-order valence-electron chi connectivity index (χ2n) is 4.28. The Bertz CT molecular complexity index is 290. The summed E-state index contributed by atoms with van der Waals surface area (Å²) in [4.78, 5) is 4.12. The van der Waals surface area contributed by atoms with Crippen LogP contribution in [0.15, 0.2) is 17.1 Å².